The number of para-hydroxylation sites is 2. The summed E-state index contributed by atoms with van der Waals surface area (Å²) in [5.74, 6) is 0. The van der Waals surface area contributed by atoms with Crippen molar-refractivity contribution >= 4 is 39.3 Å². The minimum atomic E-state index is 0.617. The molecule has 0 aliphatic heterocycles. The molecular formula is C16H11N3OS. The summed E-state index contributed by atoms with van der Waals surface area (Å²) < 4.78 is 5.75. The molecule has 0 spiro atoms. The van der Waals surface area contributed by atoms with E-state index >= 15 is 0 Å². The van der Waals surface area contributed by atoms with E-state index in [1.807, 2.05) is 48.7 Å². The van der Waals surface area contributed by atoms with Gasteiger partial charge in [0.15, 0.2) is 5.58 Å². The summed E-state index contributed by atoms with van der Waals surface area (Å²) in [5.41, 5.74) is 8.40. The second-order valence-corrected chi connectivity index (χ2v) is 5.62. The third-order valence-electron chi connectivity index (χ3n) is 3.28. The first-order valence-electron chi connectivity index (χ1n) is 6.47. The summed E-state index contributed by atoms with van der Waals surface area (Å²) in [4.78, 5) is 9.69. The van der Waals surface area contributed by atoms with Gasteiger partial charge < -0.3 is 10.2 Å². The van der Waals surface area contributed by atoms with Crippen molar-refractivity contribution in [2.45, 2.75) is 10.1 Å². The maximum absolute atomic E-state index is 6.00. The van der Waals surface area contributed by atoms with E-state index in [0.29, 0.717) is 5.22 Å². The molecule has 0 aliphatic rings. The number of oxazole rings is 1. The van der Waals surface area contributed by atoms with Gasteiger partial charge in [-0.05, 0) is 42.1 Å². The van der Waals surface area contributed by atoms with Gasteiger partial charge in [-0.1, -0.05) is 12.1 Å². The molecule has 0 saturated carbocycles. The molecule has 0 saturated heterocycles. The number of hydrogen-bond donors (Lipinski definition) is 1. The largest absolute Gasteiger partial charge is 0.431 e. The van der Waals surface area contributed by atoms with Crippen molar-refractivity contribution < 1.29 is 4.42 Å². The number of anilines is 1. The Kier molecular flexibility index (Phi) is 2.79. The van der Waals surface area contributed by atoms with Gasteiger partial charge in [-0.2, -0.15) is 0 Å². The fourth-order valence-corrected chi connectivity index (χ4v) is 3.14. The lowest BCUT2D eigenvalue weighted by Gasteiger charge is -2.05. The number of rotatable bonds is 2. The minimum Gasteiger partial charge on any atom is -0.431 e. The van der Waals surface area contributed by atoms with Crippen LogP contribution in [0.1, 0.15) is 0 Å². The molecule has 0 atom stereocenters. The van der Waals surface area contributed by atoms with Gasteiger partial charge in [-0.3, -0.25) is 4.98 Å². The molecule has 21 heavy (non-hydrogen) atoms. The number of pyridine rings is 1. The van der Waals surface area contributed by atoms with E-state index in [4.69, 9.17) is 10.2 Å². The number of benzene rings is 2. The Bertz CT molecular complexity index is 915. The van der Waals surface area contributed by atoms with Crippen molar-refractivity contribution in [3.8, 4) is 0 Å². The Morgan fingerprint density at radius 3 is 2.81 bits per heavy atom. The van der Waals surface area contributed by atoms with Crippen LogP contribution >= 0.6 is 11.8 Å². The summed E-state index contributed by atoms with van der Waals surface area (Å²) in [5, 5.41) is 2.61. The van der Waals surface area contributed by atoms with E-state index in [2.05, 4.69) is 9.97 Å². The van der Waals surface area contributed by atoms with E-state index < -0.39 is 0 Å². The van der Waals surface area contributed by atoms with Crippen LogP contribution in [-0.4, -0.2) is 9.97 Å². The molecule has 0 aliphatic carbocycles. The molecular weight excluding hydrogens is 282 g/mol. The molecule has 2 N–H and O–H groups in total. The van der Waals surface area contributed by atoms with Gasteiger partial charge in [0.1, 0.15) is 5.52 Å². The SMILES string of the molecule is Nc1ccc(Sc2nc3ccccc3o2)c2cnccc12. The van der Waals surface area contributed by atoms with Gasteiger partial charge in [-0.25, -0.2) is 4.98 Å². The van der Waals surface area contributed by atoms with Gasteiger partial charge in [0, 0.05) is 33.7 Å². The highest BCUT2D eigenvalue weighted by Crippen LogP contribution is 2.36. The summed E-state index contributed by atoms with van der Waals surface area (Å²) in [6.45, 7) is 0. The Morgan fingerprint density at radius 1 is 1.00 bits per heavy atom. The average Bonchev–Trinajstić information content (AvgIpc) is 2.93. The molecule has 4 aromatic rings. The van der Waals surface area contributed by atoms with Crippen LogP contribution in [0.25, 0.3) is 21.9 Å². The highest BCUT2D eigenvalue weighted by Gasteiger charge is 2.10. The van der Waals surface area contributed by atoms with E-state index in [1.165, 1.54) is 11.8 Å². The van der Waals surface area contributed by atoms with Crippen LogP contribution in [0.5, 0.6) is 0 Å². The van der Waals surface area contributed by atoms with Crippen molar-refractivity contribution in [1.29, 1.82) is 0 Å². The summed E-state index contributed by atoms with van der Waals surface area (Å²) in [6.07, 6.45) is 3.56. The summed E-state index contributed by atoms with van der Waals surface area (Å²) in [7, 11) is 0. The van der Waals surface area contributed by atoms with Crippen LogP contribution in [-0.2, 0) is 0 Å². The molecule has 2 aromatic carbocycles. The zero-order valence-corrected chi connectivity index (χ0v) is 11.8. The molecule has 4 rings (SSSR count). The van der Waals surface area contributed by atoms with Gasteiger partial charge in [0.2, 0.25) is 0 Å². The van der Waals surface area contributed by atoms with Gasteiger partial charge >= 0.3 is 0 Å². The van der Waals surface area contributed by atoms with Gasteiger partial charge in [0.25, 0.3) is 5.22 Å². The second kappa shape index (κ2) is 4.79. The fourth-order valence-electron chi connectivity index (χ4n) is 2.27. The van der Waals surface area contributed by atoms with Gasteiger partial charge in [0.05, 0.1) is 0 Å². The van der Waals surface area contributed by atoms with Crippen LogP contribution in [0, 0.1) is 0 Å². The molecule has 2 heterocycles. The van der Waals surface area contributed by atoms with Crippen molar-refractivity contribution in [2.24, 2.45) is 0 Å². The normalized spacial score (nSPS) is 11.2. The Labute approximate surface area is 125 Å². The molecule has 2 aromatic heterocycles. The summed E-state index contributed by atoms with van der Waals surface area (Å²) in [6, 6.07) is 13.5. The van der Waals surface area contributed by atoms with Crippen LogP contribution in [0.4, 0.5) is 5.69 Å². The highest BCUT2D eigenvalue weighted by molar-refractivity contribution is 7.99. The lowest BCUT2D eigenvalue weighted by Crippen LogP contribution is -1.88. The number of nitrogens with two attached hydrogens (primary N) is 1. The predicted octanol–water partition coefficient (Wildman–Crippen LogP) is 4.11. The summed E-state index contributed by atoms with van der Waals surface area (Å²) >= 11 is 1.48. The maximum Gasteiger partial charge on any atom is 0.261 e. The van der Waals surface area contributed by atoms with E-state index in [-0.39, 0.29) is 0 Å². The second-order valence-electron chi connectivity index (χ2n) is 4.62. The van der Waals surface area contributed by atoms with Crippen LogP contribution in [0.3, 0.4) is 0 Å². The van der Waals surface area contributed by atoms with Gasteiger partial charge in [-0.15, -0.1) is 0 Å². The molecule has 0 fully saturated rings. The molecule has 0 radical (unpaired) electrons. The Balaban J connectivity index is 1.82. The quantitative estimate of drug-likeness (QED) is 0.563. The van der Waals surface area contributed by atoms with Crippen LogP contribution < -0.4 is 5.73 Å². The molecule has 0 bridgehead atoms. The van der Waals surface area contributed by atoms with Crippen LogP contribution in [0.15, 0.2) is 69.4 Å². The number of hydrogen-bond acceptors (Lipinski definition) is 5. The molecule has 5 heteroatoms. The number of nitrogen functional groups attached to an aromatic ring is 1. The Morgan fingerprint density at radius 2 is 1.90 bits per heavy atom. The molecule has 0 unspecified atom stereocenters. The predicted molar refractivity (Wildman–Crippen MR) is 84.3 cm³/mol. The topological polar surface area (TPSA) is 64.9 Å². The third-order valence-corrected chi connectivity index (χ3v) is 4.21. The first-order chi connectivity index (χ1) is 10.3. The zero-order valence-electron chi connectivity index (χ0n) is 11.0. The lowest BCUT2D eigenvalue weighted by molar-refractivity contribution is 0.489. The zero-order chi connectivity index (χ0) is 14.2. The van der Waals surface area contributed by atoms with Crippen molar-refractivity contribution in [3.05, 3.63) is 54.9 Å². The highest BCUT2D eigenvalue weighted by atomic mass is 32.2. The number of nitrogens with zero attached hydrogens (tertiary/aromatic N) is 2. The van der Waals surface area contributed by atoms with Crippen LogP contribution in [0.2, 0.25) is 0 Å². The molecule has 0 amide bonds. The van der Waals surface area contributed by atoms with E-state index in [1.54, 1.807) is 6.20 Å². The van der Waals surface area contributed by atoms with Crippen molar-refractivity contribution in [3.63, 3.8) is 0 Å². The number of fused-ring (bicyclic) bond motifs is 2. The molecule has 4 nitrogen and oxygen atoms in total. The number of aromatic nitrogens is 2. The van der Waals surface area contributed by atoms with E-state index in [9.17, 15) is 0 Å². The smallest absolute Gasteiger partial charge is 0.261 e. The first kappa shape index (κ1) is 12.2. The maximum atomic E-state index is 6.00. The average molecular weight is 293 g/mol. The third kappa shape index (κ3) is 2.11. The molecule has 102 valence electrons. The van der Waals surface area contributed by atoms with Crippen molar-refractivity contribution in [2.75, 3.05) is 5.73 Å². The monoisotopic (exact) mass is 293 g/mol. The fraction of sp³-hybridized carbons (Fsp3) is 0. The lowest BCUT2D eigenvalue weighted by atomic mass is 10.1. The Hall–Kier alpha value is -2.53. The van der Waals surface area contributed by atoms with E-state index in [0.717, 1.165) is 32.5 Å². The standard InChI is InChI=1S/C16H11N3OS/c17-12-5-6-15(11-9-18-8-7-10(11)12)21-16-19-13-3-1-2-4-14(13)20-16/h1-9H,17H2. The first-order valence-corrected chi connectivity index (χ1v) is 7.28. The van der Waals surface area contributed by atoms with Crippen molar-refractivity contribution in [1.82, 2.24) is 9.97 Å². The minimum absolute atomic E-state index is 0.617.